The average Bonchev–Trinajstić information content (AvgIpc) is 2.82. The van der Waals surface area contributed by atoms with Crippen LogP contribution in [0.2, 0.25) is 0 Å². The number of pyridine rings is 1. The number of hydrogen-bond donors (Lipinski definition) is 1. The maximum absolute atomic E-state index is 12.4. The first kappa shape index (κ1) is 14.6. The number of nitrogens with one attached hydrogen (secondary N) is 1. The Balaban J connectivity index is 1.92. The van der Waals surface area contributed by atoms with E-state index in [1.165, 1.54) is 0 Å². The second kappa shape index (κ2) is 5.46. The summed E-state index contributed by atoms with van der Waals surface area (Å²) in [5.41, 5.74) is 3.69. The molecule has 0 aliphatic carbocycles. The zero-order chi connectivity index (χ0) is 15.7. The molecule has 114 valence electrons. The summed E-state index contributed by atoms with van der Waals surface area (Å²) in [6.07, 6.45) is 3.70. The lowest BCUT2D eigenvalue weighted by Gasteiger charge is -2.10. The Labute approximate surface area is 129 Å². The van der Waals surface area contributed by atoms with Crippen LogP contribution in [0, 0.1) is 13.8 Å². The van der Waals surface area contributed by atoms with Crippen molar-refractivity contribution in [3.8, 4) is 0 Å². The molecule has 6 heteroatoms. The highest BCUT2D eigenvalue weighted by molar-refractivity contribution is 7.91. The van der Waals surface area contributed by atoms with Gasteiger partial charge in [-0.3, -0.25) is 4.72 Å². The van der Waals surface area contributed by atoms with Crippen molar-refractivity contribution >= 4 is 21.4 Å². The zero-order valence-corrected chi connectivity index (χ0v) is 13.3. The molecule has 0 amide bonds. The molecular weight excluding hydrogens is 298 g/mol. The van der Waals surface area contributed by atoms with Gasteiger partial charge in [-0.05, 0) is 37.1 Å². The Morgan fingerprint density at radius 1 is 1.14 bits per heavy atom. The molecule has 0 atom stereocenters. The lowest BCUT2D eigenvalue weighted by atomic mass is 10.1. The summed E-state index contributed by atoms with van der Waals surface area (Å²) in [5, 5.41) is 0. The molecule has 5 nitrogen and oxygen atoms in total. The van der Waals surface area contributed by atoms with Gasteiger partial charge in [-0.15, -0.1) is 0 Å². The molecule has 0 fully saturated rings. The van der Waals surface area contributed by atoms with Crippen LogP contribution in [-0.2, 0) is 15.8 Å². The Morgan fingerprint density at radius 2 is 1.91 bits per heavy atom. The van der Waals surface area contributed by atoms with Crippen LogP contribution < -0.4 is 4.72 Å². The van der Waals surface area contributed by atoms with Gasteiger partial charge in [-0.25, -0.2) is 13.4 Å². The molecule has 0 aliphatic rings. The van der Waals surface area contributed by atoms with Crippen molar-refractivity contribution in [1.82, 2.24) is 9.38 Å². The Kier molecular flexibility index (Phi) is 3.62. The van der Waals surface area contributed by atoms with E-state index in [1.54, 1.807) is 16.5 Å². The van der Waals surface area contributed by atoms with Crippen molar-refractivity contribution in [2.75, 3.05) is 4.72 Å². The monoisotopic (exact) mass is 315 g/mol. The minimum Gasteiger partial charge on any atom is -0.305 e. The molecule has 0 spiro atoms. The number of rotatable bonds is 4. The smallest absolute Gasteiger partial charge is 0.237 e. The second-order valence-electron chi connectivity index (χ2n) is 5.32. The number of aromatic nitrogens is 2. The summed E-state index contributed by atoms with van der Waals surface area (Å²) in [4.78, 5) is 4.36. The number of fused-ring (bicyclic) bond motifs is 1. The minimum absolute atomic E-state index is 0.0551. The van der Waals surface area contributed by atoms with E-state index in [9.17, 15) is 8.42 Å². The summed E-state index contributed by atoms with van der Waals surface area (Å²) < 4.78 is 29.3. The van der Waals surface area contributed by atoms with E-state index >= 15 is 0 Å². The molecule has 22 heavy (non-hydrogen) atoms. The van der Waals surface area contributed by atoms with Crippen LogP contribution in [0.5, 0.6) is 0 Å². The van der Waals surface area contributed by atoms with Gasteiger partial charge in [0, 0.05) is 12.4 Å². The quantitative estimate of drug-likeness (QED) is 0.805. The predicted molar refractivity (Wildman–Crippen MR) is 87.4 cm³/mol. The van der Waals surface area contributed by atoms with Crippen molar-refractivity contribution in [3.63, 3.8) is 0 Å². The first-order chi connectivity index (χ1) is 10.4. The van der Waals surface area contributed by atoms with Crippen molar-refractivity contribution in [1.29, 1.82) is 0 Å². The molecule has 0 radical (unpaired) electrons. The lowest BCUT2D eigenvalue weighted by Crippen LogP contribution is -2.16. The Bertz CT molecular complexity index is 929. The zero-order valence-electron chi connectivity index (χ0n) is 12.4. The van der Waals surface area contributed by atoms with E-state index in [0.29, 0.717) is 11.3 Å². The van der Waals surface area contributed by atoms with Crippen molar-refractivity contribution in [2.24, 2.45) is 0 Å². The van der Waals surface area contributed by atoms with E-state index in [1.807, 2.05) is 50.5 Å². The molecule has 0 saturated heterocycles. The van der Waals surface area contributed by atoms with Gasteiger partial charge >= 0.3 is 0 Å². The Morgan fingerprint density at radius 3 is 2.68 bits per heavy atom. The third-order valence-corrected chi connectivity index (χ3v) is 4.70. The van der Waals surface area contributed by atoms with E-state index < -0.39 is 10.0 Å². The van der Waals surface area contributed by atoms with Crippen molar-refractivity contribution in [3.05, 3.63) is 65.6 Å². The number of sulfonamides is 1. The van der Waals surface area contributed by atoms with Crippen LogP contribution in [0.4, 0.5) is 5.69 Å². The average molecular weight is 315 g/mol. The summed E-state index contributed by atoms with van der Waals surface area (Å²) >= 11 is 0. The number of imidazole rings is 1. The van der Waals surface area contributed by atoms with Crippen LogP contribution >= 0.6 is 0 Å². The fraction of sp³-hybridized carbons (Fsp3) is 0.188. The number of hydrogen-bond acceptors (Lipinski definition) is 3. The van der Waals surface area contributed by atoms with E-state index in [4.69, 9.17) is 0 Å². The largest absolute Gasteiger partial charge is 0.305 e. The molecular formula is C16H17N3O2S. The number of nitrogens with zero attached hydrogens (tertiary/aromatic N) is 2. The van der Waals surface area contributed by atoms with Gasteiger partial charge in [0.2, 0.25) is 10.0 Å². The van der Waals surface area contributed by atoms with Gasteiger partial charge in [0.25, 0.3) is 0 Å². The third kappa shape index (κ3) is 2.96. The van der Waals surface area contributed by atoms with E-state index in [0.717, 1.165) is 16.8 Å². The summed E-state index contributed by atoms with van der Waals surface area (Å²) in [5.74, 6) is -0.0551. The SMILES string of the molecule is Cc1cn2cccc(NS(=O)(=O)Cc3ccccc3C)c2n1. The highest BCUT2D eigenvalue weighted by Crippen LogP contribution is 2.19. The minimum atomic E-state index is -3.50. The fourth-order valence-corrected chi connectivity index (χ4v) is 3.70. The van der Waals surface area contributed by atoms with Gasteiger partial charge in [-0.2, -0.15) is 0 Å². The summed E-state index contributed by atoms with van der Waals surface area (Å²) in [6.45, 7) is 3.78. The second-order valence-corrected chi connectivity index (χ2v) is 7.04. The molecule has 1 aromatic carbocycles. The molecule has 3 aromatic rings. The maximum atomic E-state index is 12.4. The van der Waals surface area contributed by atoms with Gasteiger partial charge < -0.3 is 4.40 Å². The van der Waals surface area contributed by atoms with Gasteiger partial charge in [0.15, 0.2) is 5.65 Å². The molecule has 2 heterocycles. The van der Waals surface area contributed by atoms with Crippen molar-refractivity contribution in [2.45, 2.75) is 19.6 Å². The summed E-state index contributed by atoms with van der Waals surface area (Å²) in [6, 6.07) is 11.0. The third-order valence-electron chi connectivity index (χ3n) is 3.48. The Hall–Kier alpha value is -2.34. The van der Waals surface area contributed by atoms with Crippen LogP contribution in [-0.4, -0.2) is 17.8 Å². The normalized spacial score (nSPS) is 11.7. The van der Waals surface area contributed by atoms with Crippen molar-refractivity contribution < 1.29 is 8.42 Å². The van der Waals surface area contributed by atoms with E-state index in [2.05, 4.69) is 9.71 Å². The molecule has 0 saturated carbocycles. The topological polar surface area (TPSA) is 63.5 Å². The van der Waals surface area contributed by atoms with E-state index in [-0.39, 0.29) is 5.75 Å². The van der Waals surface area contributed by atoms with Crippen LogP contribution in [0.3, 0.4) is 0 Å². The summed E-state index contributed by atoms with van der Waals surface area (Å²) in [7, 11) is -3.50. The standard InChI is InChI=1S/C16H17N3O2S/c1-12-6-3-4-7-14(12)11-22(20,21)18-15-8-5-9-19-10-13(2)17-16(15)19/h3-10,18H,11H2,1-2H3. The number of benzene rings is 1. The van der Waals surface area contributed by atoms with Crippen LogP contribution in [0.1, 0.15) is 16.8 Å². The molecule has 1 N–H and O–H groups in total. The highest BCUT2D eigenvalue weighted by atomic mass is 32.2. The predicted octanol–water partition coefficient (Wildman–Crippen LogP) is 2.89. The maximum Gasteiger partial charge on any atom is 0.237 e. The molecule has 2 aromatic heterocycles. The molecule has 3 rings (SSSR count). The molecule has 0 bridgehead atoms. The van der Waals surface area contributed by atoms with Gasteiger partial charge in [-0.1, -0.05) is 24.3 Å². The van der Waals surface area contributed by atoms with Crippen LogP contribution in [0.15, 0.2) is 48.8 Å². The number of anilines is 1. The van der Waals surface area contributed by atoms with Gasteiger partial charge in [0.1, 0.15) is 0 Å². The first-order valence-electron chi connectivity index (χ1n) is 6.94. The first-order valence-corrected chi connectivity index (χ1v) is 8.59. The molecule has 0 unspecified atom stereocenters. The lowest BCUT2D eigenvalue weighted by molar-refractivity contribution is 0.600. The van der Waals surface area contributed by atoms with Gasteiger partial charge in [0.05, 0.1) is 17.1 Å². The molecule has 0 aliphatic heterocycles. The highest BCUT2D eigenvalue weighted by Gasteiger charge is 2.15. The number of aryl methyl sites for hydroxylation is 2. The fourth-order valence-electron chi connectivity index (χ4n) is 2.40. The van der Waals surface area contributed by atoms with Crippen LogP contribution in [0.25, 0.3) is 5.65 Å².